The van der Waals surface area contributed by atoms with Gasteiger partial charge < -0.3 is 9.47 Å². The van der Waals surface area contributed by atoms with Crippen molar-refractivity contribution in [1.82, 2.24) is 0 Å². The van der Waals surface area contributed by atoms with Crippen LogP contribution in [0.25, 0.3) is 0 Å². The van der Waals surface area contributed by atoms with Gasteiger partial charge in [-0.05, 0) is 87.9 Å². The zero-order valence-electron chi connectivity index (χ0n) is 19.4. The van der Waals surface area contributed by atoms with E-state index in [0.29, 0.717) is 37.5 Å². The Balaban J connectivity index is 1.24. The van der Waals surface area contributed by atoms with E-state index in [1.54, 1.807) is 0 Å². The molecule has 0 aromatic rings. The Kier molecular flexibility index (Phi) is 8.24. The lowest BCUT2D eigenvalue weighted by atomic mass is 9.70. The van der Waals surface area contributed by atoms with Crippen molar-refractivity contribution in [3.8, 4) is 0 Å². The van der Waals surface area contributed by atoms with Crippen LogP contribution in [0.5, 0.6) is 0 Å². The van der Waals surface area contributed by atoms with Crippen molar-refractivity contribution in [2.24, 2.45) is 29.6 Å². The molecule has 1 heterocycles. The summed E-state index contributed by atoms with van der Waals surface area (Å²) in [7, 11) is 0. The van der Waals surface area contributed by atoms with Crippen LogP contribution in [-0.4, -0.2) is 49.6 Å². The maximum Gasteiger partial charge on any atom is 0.358 e. The van der Waals surface area contributed by atoms with Crippen LogP contribution in [0.3, 0.4) is 0 Å². The van der Waals surface area contributed by atoms with Gasteiger partial charge >= 0.3 is 6.11 Å². The fourth-order valence-electron chi connectivity index (χ4n) is 6.67. The third-order valence-corrected chi connectivity index (χ3v) is 8.76. The van der Waals surface area contributed by atoms with Crippen molar-refractivity contribution in [3.05, 3.63) is 0 Å². The zero-order valence-corrected chi connectivity index (χ0v) is 19.4. The molecule has 4 aliphatic rings. The quantitative estimate of drug-likeness (QED) is 0.386. The summed E-state index contributed by atoms with van der Waals surface area (Å²) in [6, 6.07) is 0. The number of rotatable bonds is 5. The van der Waals surface area contributed by atoms with E-state index in [1.165, 1.54) is 0 Å². The molecular formula is C25H38F6O2. The predicted molar refractivity (Wildman–Crippen MR) is 113 cm³/mol. The fraction of sp³-hybridized carbons (Fsp3) is 1.00. The van der Waals surface area contributed by atoms with Crippen LogP contribution in [0.4, 0.5) is 26.3 Å². The first-order valence-electron chi connectivity index (χ1n) is 12.9. The first kappa shape index (κ1) is 25.6. The Bertz CT molecular complexity index is 608. The smallest absolute Gasteiger partial charge is 0.358 e. The molecule has 7 unspecified atom stereocenters. The fourth-order valence-corrected chi connectivity index (χ4v) is 6.67. The maximum absolute atomic E-state index is 14.9. The zero-order chi connectivity index (χ0) is 23.8. The van der Waals surface area contributed by atoms with Crippen LogP contribution in [0, 0.1) is 29.6 Å². The van der Waals surface area contributed by atoms with Gasteiger partial charge in [0.2, 0.25) is 0 Å². The average Bonchev–Trinajstić information content (AvgIpc) is 2.77. The summed E-state index contributed by atoms with van der Waals surface area (Å²) in [6.45, 7) is 2.90. The summed E-state index contributed by atoms with van der Waals surface area (Å²) in [5.41, 5.74) is 0. The summed E-state index contributed by atoms with van der Waals surface area (Å²) >= 11 is 0. The molecule has 192 valence electrons. The Labute approximate surface area is 193 Å². The Morgan fingerprint density at radius 3 is 1.97 bits per heavy atom. The molecule has 0 N–H and O–H groups in total. The SMILES string of the molecule is CC1CCC(C2CCC(C(F)(F)OC3CCC(C4CC(F)C(F)C(F)C4)C(F)C3)CC2)OC1. The number of alkyl halides is 6. The van der Waals surface area contributed by atoms with E-state index in [2.05, 4.69) is 6.92 Å². The van der Waals surface area contributed by atoms with E-state index < -0.39 is 54.7 Å². The van der Waals surface area contributed by atoms with E-state index in [1.807, 2.05) is 0 Å². The summed E-state index contributed by atoms with van der Waals surface area (Å²) in [5.74, 6) is -1.24. The molecule has 7 atom stereocenters. The predicted octanol–water partition coefficient (Wildman–Crippen LogP) is 7.15. The molecule has 3 aliphatic carbocycles. The third-order valence-electron chi connectivity index (χ3n) is 8.76. The van der Waals surface area contributed by atoms with E-state index in [-0.39, 0.29) is 38.2 Å². The molecule has 0 bridgehead atoms. The molecule has 1 saturated heterocycles. The van der Waals surface area contributed by atoms with Gasteiger partial charge in [0.1, 0.15) is 18.5 Å². The summed E-state index contributed by atoms with van der Waals surface area (Å²) in [5, 5.41) is 0. The molecular weight excluding hydrogens is 446 g/mol. The molecule has 0 amide bonds. The van der Waals surface area contributed by atoms with Crippen molar-refractivity contribution in [3.63, 3.8) is 0 Å². The van der Waals surface area contributed by atoms with Gasteiger partial charge in [-0.3, -0.25) is 0 Å². The van der Waals surface area contributed by atoms with Gasteiger partial charge in [0.05, 0.1) is 18.1 Å². The minimum atomic E-state index is -3.31. The summed E-state index contributed by atoms with van der Waals surface area (Å²) in [6.07, 6.45) is -7.49. The van der Waals surface area contributed by atoms with Gasteiger partial charge in [0, 0.05) is 13.0 Å². The second-order valence-corrected chi connectivity index (χ2v) is 11.2. The van der Waals surface area contributed by atoms with Gasteiger partial charge in [-0.2, -0.15) is 8.78 Å². The Hall–Kier alpha value is -0.500. The maximum atomic E-state index is 14.9. The van der Waals surface area contributed by atoms with Crippen molar-refractivity contribution in [1.29, 1.82) is 0 Å². The van der Waals surface area contributed by atoms with Gasteiger partial charge in [-0.1, -0.05) is 6.92 Å². The topological polar surface area (TPSA) is 18.5 Å². The van der Waals surface area contributed by atoms with Crippen LogP contribution < -0.4 is 0 Å². The molecule has 4 rings (SSSR count). The van der Waals surface area contributed by atoms with Gasteiger partial charge in [0.15, 0.2) is 6.17 Å². The standard InChI is InChI=1S/C25H38F6O2/c1-14-2-9-23(32-13-14)15-3-5-17(6-4-15)25(30,31)33-18-7-8-19(20(26)12-18)16-10-21(27)24(29)22(28)11-16/h14-24H,2-13H2,1H3. The first-order chi connectivity index (χ1) is 15.6. The van der Waals surface area contributed by atoms with E-state index in [4.69, 9.17) is 9.47 Å². The monoisotopic (exact) mass is 484 g/mol. The van der Waals surface area contributed by atoms with Crippen LogP contribution in [0.2, 0.25) is 0 Å². The van der Waals surface area contributed by atoms with E-state index in [0.717, 1.165) is 19.4 Å². The first-order valence-corrected chi connectivity index (χ1v) is 12.9. The molecule has 4 fully saturated rings. The van der Waals surface area contributed by atoms with Crippen molar-refractivity contribution < 1.29 is 35.8 Å². The molecule has 0 aromatic heterocycles. The number of hydrogen-bond donors (Lipinski definition) is 0. The van der Waals surface area contributed by atoms with Crippen LogP contribution in [0.15, 0.2) is 0 Å². The minimum absolute atomic E-state index is 0.166. The molecule has 3 saturated carbocycles. The van der Waals surface area contributed by atoms with E-state index in [9.17, 15) is 26.3 Å². The van der Waals surface area contributed by atoms with Gasteiger partial charge in [-0.25, -0.2) is 17.6 Å². The van der Waals surface area contributed by atoms with Gasteiger partial charge in [0.25, 0.3) is 0 Å². The van der Waals surface area contributed by atoms with Crippen molar-refractivity contribution in [2.75, 3.05) is 6.61 Å². The molecule has 1 aliphatic heterocycles. The molecule has 0 spiro atoms. The molecule has 0 radical (unpaired) electrons. The van der Waals surface area contributed by atoms with Crippen molar-refractivity contribution >= 4 is 0 Å². The molecule has 0 aromatic carbocycles. The Morgan fingerprint density at radius 2 is 1.39 bits per heavy atom. The Morgan fingerprint density at radius 1 is 0.727 bits per heavy atom. The number of hydrogen-bond acceptors (Lipinski definition) is 2. The van der Waals surface area contributed by atoms with Crippen LogP contribution in [-0.2, 0) is 9.47 Å². The second-order valence-electron chi connectivity index (χ2n) is 11.2. The number of halogens is 6. The molecule has 33 heavy (non-hydrogen) atoms. The largest absolute Gasteiger partial charge is 0.378 e. The molecule has 8 heteroatoms. The number of ether oxygens (including phenoxy) is 2. The highest BCUT2D eigenvalue weighted by atomic mass is 19.3. The lowest BCUT2D eigenvalue weighted by Gasteiger charge is -2.42. The summed E-state index contributed by atoms with van der Waals surface area (Å²) in [4.78, 5) is 0. The third kappa shape index (κ3) is 6.02. The average molecular weight is 485 g/mol. The highest BCUT2D eigenvalue weighted by molar-refractivity contribution is 4.94. The lowest BCUT2D eigenvalue weighted by molar-refractivity contribution is -0.305. The van der Waals surface area contributed by atoms with Crippen molar-refractivity contribution in [2.45, 2.75) is 121 Å². The highest BCUT2D eigenvalue weighted by Gasteiger charge is 2.49. The normalized spacial score (nSPS) is 47.9. The second kappa shape index (κ2) is 10.6. The highest BCUT2D eigenvalue weighted by Crippen LogP contribution is 2.46. The van der Waals surface area contributed by atoms with Crippen LogP contribution >= 0.6 is 0 Å². The lowest BCUT2D eigenvalue weighted by Crippen LogP contribution is -2.45. The van der Waals surface area contributed by atoms with Gasteiger partial charge in [-0.15, -0.1) is 0 Å². The van der Waals surface area contributed by atoms with Crippen LogP contribution in [0.1, 0.15) is 77.6 Å². The summed E-state index contributed by atoms with van der Waals surface area (Å²) < 4.78 is 96.7. The minimum Gasteiger partial charge on any atom is -0.378 e. The molecule has 2 nitrogen and oxygen atoms in total. The van der Waals surface area contributed by atoms with E-state index >= 15 is 0 Å².